The minimum Gasteiger partial charge on any atom is -0.495 e. The van der Waals surface area contributed by atoms with E-state index in [-0.39, 0.29) is 23.3 Å². The maximum Gasteiger partial charge on any atom is 0.246 e. The molecule has 1 atom stereocenters. The number of ether oxygens (including phenoxy) is 1. The molecule has 134 valence electrons. The first kappa shape index (κ1) is 22.7. The smallest absolute Gasteiger partial charge is 0.246 e. The summed E-state index contributed by atoms with van der Waals surface area (Å²) in [4.78, 5) is 0.160. The van der Waals surface area contributed by atoms with Gasteiger partial charge in [0.05, 0.1) is 7.11 Å². The summed E-state index contributed by atoms with van der Waals surface area (Å²) in [6.45, 7) is 6.31. The number of sulfonamides is 1. The number of aryl methyl sites for hydroxylation is 1. The van der Waals surface area contributed by atoms with Crippen molar-refractivity contribution < 1.29 is 13.2 Å². The fraction of sp³-hybridized carbons (Fsp3) is 0.600. The van der Waals surface area contributed by atoms with Crippen LogP contribution in [0.25, 0.3) is 0 Å². The zero-order valence-electron chi connectivity index (χ0n) is 14.2. The lowest BCUT2D eigenvalue weighted by atomic mass is 10.0. The van der Waals surface area contributed by atoms with E-state index in [9.17, 15) is 8.42 Å². The van der Waals surface area contributed by atoms with Crippen molar-refractivity contribution >= 4 is 38.4 Å². The number of rotatable bonds is 7. The summed E-state index contributed by atoms with van der Waals surface area (Å²) in [6.07, 6.45) is 0.614. The molecule has 1 rings (SSSR count). The summed E-state index contributed by atoms with van der Waals surface area (Å²) < 4.78 is 32.8. The van der Waals surface area contributed by atoms with Crippen LogP contribution >= 0.6 is 28.3 Å². The molecule has 1 aromatic rings. The van der Waals surface area contributed by atoms with Crippen LogP contribution in [0.15, 0.2) is 21.5 Å². The van der Waals surface area contributed by atoms with Crippen LogP contribution in [0.2, 0.25) is 0 Å². The Morgan fingerprint density at radius 3 is 2.39 bits per heavy atom. The summed E-state index contributed by atoms with van der Waals surface area (Å²) in [6, 6.07) is 3.27. The fourth-order valence-electron chi connectivity index (χ4n) is 1.95. The van der Waals surface area contributed by atoms with Crippen molar-refractivity contribution in [2.75, 3.05) is 20.7 Å². The number of nitrogens with zero attached hydrogens (tertiary/aromatic N) is 1. The van der Waals surface area contributed by atoms with Crippen LogP contribution in [0.1, 0.15) is 25.8 Å². The first-order valence-corrected chi connectivity index (χ1v) is 9.40. The van der Waals surface area contributed by atoms with E-state index in [1.807, 2.05) is 20.8 Å². The van der Waals surface area contributed by atoms with Gasteiger partial charge in [0, 0.05) is 24.1 Å². The molecule has 0 spiro atoms. The van der Waals surface area contributed by atoms with Crippen molar-refractivity contribution in [1.82, 2.24) is 4.31 Å². The van der Waals surface area contributed by atoms with Gasteiger partial charge in [-0.05, 0) is 37.0 Å². The molecule has 0 radical (unpaired) electrons. The third-order valence-electron chi connectivity index (χ3n) is 3.77. The third kappa shape index (κ3) is 5.60. The van der Waals surface area contributed by atoms with Crippen LogP contribution in [0.5, 0.6) is 5.75 Å². The Balaban J connectivity index is 0.00000484. The highest BCUT2D eigenvalue weighted by Gasteiger charge is 2.26. The van der Waals surface area contributed by atoms with Gasteiger partial charge < -0.3 is 10.5 Å². The lowest BCUT2D eigenvalue weighted by Gasteiger charge is -2.22. The van der Waals surface area contributed by atoms with Gasteiger partial charge in [0.15, 0.2) is 0 Å². The monoisotopic (exact) mass is 428 g/mol. The van der Waals surface area contributed by atoms with E-state index in [1.54, 1.807) is 19.2 Å². The SMILES string of the molecule is COc1cc(C)c(Br)cc1S(=O)(=O)N(C)CCC(N)C(C)C.Cl. The second-order valence-electron chi connectivity index (χ2n) is 5.78. The van der Waals surface area contributed by atoms with Crippen LogP contribution in [-0.4, -0.2) is 39.5 Å². The Hall–Kier alpha value is -0.340. The molecule has 0 aliphatic heterocycles. The quantitative estimate of drug-likeness (QED) is 0.722. The minimum atomic E-state index is -3.62. The molecule has 0 saturated carbocycles. The standard InChI is InChI=1S/C15H25BrN2O3S.ClH/c1-10(2)13(17)6-7-18(4)22(19,20)15-9-12(16)11(3)8-14(15)21-5;/h8-10,13H,6-7,17H2,1-5H3;1H. The Morgan fingerprint density at radius 1 is 1.35 bits per heavy atom. The van der Waals surface area contributed by atoms with E-state index in [0.29, 0.717) is 24.6 Å². The van der Waals surface area contributed by atoms with Crippen molar-refractivity contribution in [2.24, 2.45) is 11.7 Å². The molecule has 0 aliphatic rings. The maximum absolute atomic E-state index is 12.7. The largest absolute Gasteiger partial charge is 0.495 e. The van der Waals surface area contributed by atoms with Crippen molar-refractivity contribution in [2.45, 2.75) is 38.1 Å². The molecule has 8 heteroatoms. The molecule has 5 nitrogen and oxygen atoms in total. The van der Waals surface area contributed by atoms with E-state index in [4.69, 9.17) is 10.5 Å². The molecule has 0 bridgehead atoms. The number of hydrogen-bond donors (Lipinski definition) is 1. The van der Waals surface area contributed by atoms with Gasteiger partial charge >= 0.3 is 0 Å². The van der Waals surface area contributed by atoms with Gasteiger partial charge in [0.1, 0.15) is 10.6 Å². The topological polar surface area (TPSA) is 72.6 Å². The molecule has 0 fully saturated rings. The Labute approximate surface area is 154 Å². The van der Waals surface area contributed by atoms with Gasteiger partial charge in [-0.2, -0.15) is 0 Å². The van der Waals surface area contributed by atoms with Crippen molar-refractivity contribution in [1.29, 1.82) is 0 Å². The number of halogens is 2. The van der Waals surface area contributed by atoms with Crippen LogP contribution in [0.3, 0.4) is 0 Å². The van der Waals surface area contributed by atoms with Gasteiger partial charge in [-0.3, -0.25) is 0 Å². The third-order valence-corrected chi connectivity index (χ3v) is 6.50. The van der Waals surface area contributed by atoms with Crippen LogP contribution in [0, 0.1) is 12.8 Å². The number of benzene rings is 1. The molecule has 1 aromatic carbocycles. The van der Waals surface area contributed by atoms with Crippen molar-refractivity contribution in [3.8, 4) is 5.75 Å². The summed E-state index contributed by atoms with van der Waals surface area (Å²) in [5.41, 5.74) is 6.91. The highest BCUT2D eigenvalue weighted by atomic mass is 79.9. The highest BCUT2D eigenvalue weighted by Crippen LogP contribution is 2.32. The Morgan fingerprint density at radius 2 is 1.91 bits per heavy atom. The Kier molecular flexibility index (Phi) is 9.09. The predicted octanol–water partition coefficient (Wildman–Crippen LogP) is 3.18. The minimum absolute atomic E-state index is 0. The zero-order chi connectivity index (χ0) is 17.1. The Bertz CT molecular complexity index is 623. The van der Waals surface area contributed by atoms with Gasteiger partial charge in [0.2, 0.25) is 10.0 Å². The van der Waals surface area contributed by atoms with Gasteiger partial charge in [-0.1, -0.05) is 29.8 Å². The average Bonchev–Trinajstić information content (AvgIpc) is 2.46. The van der Waals surface area contributed by atoms with Crippen molar-refractivity contribution in [3.05, 3.63) is 22.2 Å². The molecule has 1 unspecified atom stereocenters. The second-order valence-corrected chi connectivity index (χ2v) is 8.64. The summed E-state index contributed by atoms with van der Waals surface area (Å²) >= 11 is 3.37. The lowest BCUT2D eigenvalue weighted by molar-refractivity contribution is 0.386. The summed E-state index contributed by atoms with van der Waals surface area (Å²) in [5.74, 6) is 0.667. The molecule has 0 saturated heterocycles. The zero-order valence-corrected chi connectivity index (χ0v) is 17.4. The van der Waals surface area contributed by atoms with Crippen LogP contribution < -0.4 is 10.5 Å². The van der Waals surface area contributed by atoms with Gasteiger partial charge in [-0.25, -0.2) is 12.7 Å². The molecule has 0 aromatic heterocycles. The molecular formula is C15H26BrClN2O3S. The first-order chi connectivity index (χ1) is 10.1. The molecule has 23 heavy (non-hydrogen) atoms. The normalized spacial score (nSPS) is 13.1. The average molecular weight is 430 g/mol. The summed E-state index contributed by atoms with van der Waals surface area (Å²) in [7, 11) is -0.586. The first-order valence-electron chi connectivity index (χ1n) is 7.17. The molecule has 0 aliphatic carbocycles. The van der Waals surface area contributed by atoms with Gasteiger partial charge in [0.25, 0.3) is 0 Å². The van der Waals surface area contributed by atoms with Crippen LogP contribution in [0.4, 0.5) is 0 Å². The van der Waals surface area contributed by atoms with Crippen LogP contribution in [-0.2, 0) is 10.0 Å². The van der Waals surface area contributed by atoms with Gasteiger partial charge in [-0.15, -0.1) is 12.4 Å². The maximum atomic E-state index is 12.7. The van der Waals surface area contributed by atoms with E-state index in [2.05, 4.69) is 15.9 Å². The molecule has 0 heterocycles. The predicted molar refractivity (Wildman–Crippen MR) is 99.9 cm³/mol. The number of methoxy groups -OCH3 is 1. The van der Waals surface area contributed by atoms with E-state index >= 15 is 0 Å². The fourth-order valence-corrected chi connectivity index (χ4v) is 3.79. The number of nitrogens with two attached hydrogens (primary N) is 1. The summed E-state index contributed by atoms with van der Waals surface area (Å²) in [5, 5.41) is 0. The molecule has 0 amide bonds. The lowest BCUT2D eigenvalue weighted by Crippen LogP contribution is -2.34. The molecular weight excluding hydrogens is 404 g/mol. The van der Waals surface area contributed by atoms with E-state index < -0.39 is 10.0 Å². The van der Waals surface area contributed by atoms with E-state index in [1.165, 1.54) is 11.4 Å². The second kappa shape index (κ2) is 9.22. The number of hydrogen-bond acceptors (Lipinski definition) is 4. The van der Waals surface area contributed by atoms with Crippen molar-refractivity contribution in [3.63, 3.8) is 0 Å². The molecule has 2 N–H and O–H groups in total. The highest BCUT2D eigenvalue weighted by molar-refractivity contribution is 9.10. The van der Waals surface area contributed by atoms with E-state index in [0.717, 1.165) is 10.0 Å².